The number of hydrogen-bond donors (Lipinski definition) is 2. The van der Waals surface area contributed by atoms with Crippen LogP contribution in [0.1, 0.15) is 6.92 Å². The maximum atomic E-state index is 12.3. The second kappa shape index (κ2) is 5.49. The molecule has 4 nitrogen and oxygen atoms in total. The lowest BCUT2D eigenvalue weighted by molar-refractivity contribution is -0.120. The van der Waals surface area contributed by atoms with Crippen LogP contribution in [0, 0.1) is 0 Å². The van der Waals surface area contributed by atoms with E-state index >= 15 is 0 Å². The molecule has 1 aliphatic heterocycles. The molecule has 2 unspecified atom stereocenters. The van der Waals surface area contributed by atoms with Crippen LogP contribution in [0.25, 0.3) is 0 Å². The number of amides is 1. The minimum atomic E-state index is -0.364. The van der Waals surface area contributed by atoms with E-state index in [2.05, 4.69) is 10.9 Å². The summed E-state index contributed by atoms with van der Waals surface area (Å²) in [6.07, 6.45) is 0. The molecule has 1 aromatic rings. The Bertz CT molecular complexity index is 385. The van der Waals surface area contributed by atoms with Gasteiger partial charge in [0.05, 0.1) is 5.38 Å². The molecule has 1 amide bonds. The molecular formula is C12H16ClN3O. The van der Waals surface area contributed by atoms with Crippen molar-refractivity contribution in [2.45, 2.75) is 18.3 Å². The minimum Gasteiger partial charge on any atom is -0.311 e. The van der Waals surface area contributed by atoms with Gasteiger partial charge in [-0.15, -0.1) is 11.6 Å². The number of halogens is 1. The average molecular weight is 254 g/mol. The van der Waals surface area contributed by atoms with E-state index in [0.29, 0.717) is 13.1 Å². The van der Waals surface area contributed by atoms with Crippen LogP contribution in [0.2, 0.25) is 0 Å². The molecule has 1 aliphatic rings. The van der Waals surface area contributed by atoms with E-state index in [0.717, 1.165) is 5.69 Å². The lowest BCUT2D eigenvalue weighted by Gasteiger charge is -2.25. The topological polar surface area (TPSA) is 44.4 Å². The molecule has 1 aromatic carbocycles. The summed E-state index contributed by atoms with van der Waals surface area (Å²) < 4.78 is 0. The fourth-order valence-corrected chi connectivity index (χ4v) is 2.18. The van der Waals surface area contributed by atoms with Crippen LogP contribution in [0.5, 0.6) is 0 Å². The van der Waals surface area contributed by atoms with Crippen molar-refractivity contribution in [1.29, 1.82) is 0 Å². The van der Waals surface area contributed by atoms with Crippen LogP contribution >= 0.6 is 11.6 Å². The van der Waals surface area contributed by atoms with Crippen LogP contribution < -0.4 is 15.8 Å². The number of carbonyl (C=O) groups excluding carboxylic acids is 1. The van der Waals surface area contributed by atoms with Gasteiger partial charge in [0.2, 0.25) is 5.91 Å². The van der Waals surface area contributed by atoms with Crippen LogP contribution in [0.15, 0.2) is 30.3 Å². The molecule has 1 heterocycles. The number of nitrogens with zero attached hydrogens (tertiary/aromatic N) is 1. The first-order valence-electron chi connectivity index (χ1n) is 5.73. The van der Waals surface area contributed by atoms with E-state index in [4.69, 9.17) is 11.6 Å². The first-order chi connectivity index (χ1) is 8.24. The maximum Gasteiger partial charge on any atom is 0.247 e. The van der Waals surface area contributed by atoms with Crippen molar-refractivity contribution in [2.24, 2.45) is 0 Å². The van der Waals surface area contributed by atoms with Gasteiger partial charge in [-0.3, -0.25) is 10.2 Å². The molecule has 1 fully saturated rings. The van der Waals surface area contributed by atoms with Crippen LogP contribution in [-0.4, -0.2) is 30.4 Å². The third-order valence-corrected chi connectivity index (χ3v) is 3.24. The Morgan fingerprint density at radius 2 is 2.18 bits per heavy atom. The molecule has 92 valence electrons. The highest BCUT2D eigenvalue weighted by Gasteiger charge is 2.34. The quantitative estimate of drug-likeness (QED) is 0.794. The fourth-order valence-electron chi connectivity index (χ4n) is 1.93. The summed E-state index contributed by atoms with van der Waals surface area (Å²) in [4.78, 5) is 14.1. The van der Waals surface area contributed by atoms with E-state index in [1.807, 2.05) is 37.3 Å². The number of para-hydroxylation sites is 1. The summed E-state index contributed by atoms with van der Waals surface area (Å²) in [7, 11) is 0. The zero-order chi connectivity index (χ0) is 12.3. The molecule has 2 N–H and O–H groups in total. The smallest absolute Gasteiger partial charge is 0.247 e. The Morgan fingerprint density at radius 1 is 1.47 bits per heavy atom. The number of hydrogen-bond acceptors (Lipinski definition) is 3. The number of nitrogens with one attached hydrogen (secondary N) is 2. The monoisotopic (exact) mass is 253 g/mol. The SMILES string of the molecule is CCN(C(=O)C1NNCC1Cl)c1ccccc1. The molecular weight excluding hydrogens is 238 g/mol. The van der Waals surface area contributed by atoms with Crippen LogP contribution in [0.3, 0.4) is 0 Å². The third-order valence-electron chi connectivity index (χ3n) is 2.83. The number of rotatable bonds is 3. The molecule has 0 spiro atoms. The molecule has 1 saturated heterocycles. The van der Waals surface area contributed by atoms with Crippen molar-refractivity contribution in [3.63, 3.8) is 0 Å². The van der Waals surface area contributed by atoms with Crippen molar-refractivity contribution in [3.8, 4) is 0 Å². The summed E-state index contributed by atoms with van der Waals surface area (Å²) in [5, 5.41) is -0.208. The molecule has 0 aromatic heterocycles. The second-order valence-corrected chi connectivity index (χ2v) is 4.50. The van der Waals surface area contributed by atoms with Gasteiger partial charge in [-0.05, 0) is 19.1 Å². The molecule has 17 heavy (non-hydrogen) atoms. The maximum absolute atomic E-state index is 12.3. The Morgan fingerprint density at radius 3 is 2.71 bits per heavy atom. The summed E-state index contributed by atoms with van der Waals surface area (Å²) in [5.74, 6) is 0.00343. The number of benzene rings is 1. The Kier molecular flexibility index (Phi) is 3.99. The van der Waals surface area contributed by atoms with Gasteiger partial charge in [0.25, 0.3) is 0 Å². The van der Waals surface area contributed by atoms with Gasteiger partial charge in [-0.2, -0.15) is 0 Å². The number of likely N-dealkylation sites (N-methyl/N-ethyl adjacent to an activating group) is 1. The van der Waals surface area contributed by atoms with Gasteiger partial charge < -0.3 is 4.90 Å². The van der Waals surface area contributed by atoms with Crippen molar-refractivity contribution < 1.29 is 4.79 Å². The van der Waals surface area contributed by atoms with Crippen molar-refractivity contribution in [1.82, 2.24) is 10.9 Å². The van der Waals surface area contributed by atoms with Crippen molar-refractivity contribution in [3.05, 3.63) is 30.3 Å². The zero-order valence-corrected chi connectivity index (χ0v) is 10.4. The molecule has 0 radical (unpaired) electrons. The normalized spacial score (nSPS) is 23.6. The molecule has 5 heteroatoms. The van der Waals surface area contributed by atoms with Crippen LogP contribution in [-0.2, 0) is 4.79 Å². The Labute approximate surface area is 106 Å². The highest BCUT2D eigenvalue weighted by molar-refractivity contribution is 6.23. The number of carbonyl (C=O) groups is 1. The summed E-state index contributed by atoms with van der Waals surface area (Å²) in [6, 6.07) is 9.26. The first-order valence-corrected chi connectivity index (χ1v) is 6.16. The lowest BCUT2D eigenvalue weighted by atomic mass is 10.2. The lowest BCUT2D eigenvalue weighted by Crippen LogP contribution is -2.48. The van der Waals surface area contributed by atoms with Crippen LogP contribution in [0.4, 0.5) is 5.69 Å². The number of hydrazine groups is 1. The molecule has 2 rings (SSSR count). The second-order valence-electron chi connectivity index (χ2n) is 3.94. The van der Waals surface area contributed by atoms with Gasteiger partial charge >= 0.3 is 0 Å². The van der Waals surface area contributed by atoms with E-state index in [1.165, 1.54) is 0 Å². The summed E-state index contributed by atoms with van der Waals surface area (Å²) >= 11 is 6.09. The Hall–Kier alpha value is -1.10. The first kappa shape index (κ1) is 12.4. The highest BCUT2D eigenvalue weighted by Crippen LogP contribution is 2.17. The minimum absolute atomic E-state index is 0.00343. The molecule has 0 aliphatic carbocycles. The average Bonchev–Trinajstić information content (AvgIpc) is 2.77. The van der Waals surface area contributed by atoms with E-state index in [9.17, 15) is 4.79 Å². The standard InChI is InChI=1S/C12H16ClN3O/c1-2-16(9-6-4-3-5-7-9)12(17)11-10(13)8-14-15-11/h3-7,10-11,14-15H,2,8H2,1H3. The zero-order valence-electron chi connectivity index (χ0n) is 9.69. The highest BCUT2D eigenvalue weighted by atomic mass is 35.5. The predicted molar refractivity (Wildman–Crippen MR) is 69.0 cm³/mol. The van der Waals surface area contributed by atoms with Gasteiger partial charge in [0, 0.05) is 18.8 Å². The van der Waals surface area contributed by atoms with Crippen molar-refractivity contribution >= 4 is 23.2 Å². The van der Waals surface area contributed by atoms with Gasteiger partial charge in [-0.25, -0.2) is 5.43 Å². The summed E-state index contributed by atoms with van der Waals surface area (Å²) in [5.41, 5.74) is 6.72. The van der Waals surface area contributed by atoms with E-state index < -0.39 is 0 Å². The molecule has 0 saturated carbocycles. The Balaban J connectivity index is 2.16. The molecule has 0 bridgehead atoms. The fraction of sp³-hybridized carbons (Fsp3) is 0.417. The van der Waals surface area contributed by atoms with E-state index in [1.54, 1.807) is 4.90 Å². The van der Waals surface area contributed by atoms with Gasteiger partial charge in [-0.1, -0.05) is 18.2 Å². The van der Waals surface area contributed by atoms with Gasteiger partial charge in [0.1, 0.15) is 6.04 Å². The molecule has 2 atom stereocenters. The van der Waals surface area contributed by atoms with Gasteiger partial charge in [0.15, 0.2) is 0 Å². The van der Waals surface area contributed by atoms with E-state index in [-0.39, 0.29) is 17.3 Å². The third kappa shape index (κ3) is 2.60. The number of anilines is 1. The number of alkyl halides is 1. The van der Waals surface area contributed by atoms with Crippen molar-refractivity contribution in [2.75, 3.05) is 18.0 Å². The summed E-state index contributed by atoms with van der Waals surface area (Å²) in [6.45, 7) is 3.19. The largest absolute Gasteiger partial charge is 0.311 e. The predicted octanol–water partition coefficient (Wildman–Crippen LogP) is 1.12.